The topological polar surface area (TPSA) is 24.5 Å². The zero-order valence-electron chi connectivity index (χ0n) is 13.0. The molecular weight excluding hydrogens is 236 g/mol. The number of nitrogens with zero attached hydrogens (tertiary/aromatic N) is 1. The first kappa shape index (κ1) is 15.3. The highest BCUT2D eigenvalue weighted by Gasteiger charge is 2.35. The second kappa shape index (κ2) is 7.61. The molecule has 2 fully saturated rings. The summed E-state index contributed by atoms with van der Waals surface area (Å²) in [7, 11) is 0. The van der Waals surface area contributed by atoms with Gasteiger partial charge in [-0.3, -0.25) is 4.90 Å². The first-order valence-corrected chi connectivity index (χ1v) is 8.33. The van der Waals surface area contributed by atoms with Crippen LogP contribution in [0.3, 0.4) is 0 Å². The van der Waals surface area contributed by atoms with E-state index >= 15 is 0 Å². The zero-order valence-corrected chi connectivity index (χ0v) is 13.0. The van der Waals surface area contributed by atoms with E-state index in [1.807, 2.05) is 0 Å². The highest BCUT2D eigenvalue weighted by molar-refractivity contribution is 4.90. The van der Waals surface area contributed by atoms with Gasteiger partial charge in [0.15, 0.2) is 0 Å². The van der Waals surface area contributed by atoms with Crippen molar-refractivity contribution in [3.05, 3.63) is 0 Å². The Kier molecular flexibility index (Phi) is 6.11. The summed E-state index contributed by atoms with van der Waals surface area (Å²) in [4.78, 5) is 2.66. The van der Waals surface area contributed by atoms with E-state index in [0.717, 1.165) is 25.6 Å². The number of hydrogen-bond donors (Lipinski definition) is 1. The standard InChI is InChI=1S/C16H32N2O/c1-4-8-17-15(10-13(3)5-2)16-11-18-9-6-7-14(18)12-19-16/h13-17H,4-12H2,1-3H3. The molecule has 0 aliphatic carbocycles. The summed E-state index contributed by atoms with van der Waals surface area (Å²) in [5.74, 6) is 0.786. The molecule has 0 bridgehead atoms. The molecule has 2 aliphatic rings. The molecule has 1 N–H and O–H groups in total. The summed E-state index contributed by atoms with van der Waals surface area (Å²) in [6.45, 7) is 11.4. The molecule has 0 radical (unpaired) electrons. The van der Waals surface area contributed by atoms with Crippen molar-refractivity contribution in [2.45, 2.75) is 71.1 Å². The lowest BCUT2D eigenvalue weighted by molar-refractivity contribution is -0.0674. The Morgan fingerprint density at radius 1 is 1.37 bits per heavy atom. The van der Waals surface area contributed by atoms with Crippen LogP contribution in [0.5, 0.6) is 0 Å². The van der Waals surface area contributed by atoms with Crippen LogP contribution in [0.15, 0.2) is 0 Å². The summed E-state index contributed by atoms with van der Waals surface area (Å²) >= 11 is 0. The second-order valence-electron chi connectivity index (χ2n) is 6.47. The first-order chi connectivity index (χ1) is 9.24. The third kappa shape index (κ3) is 4.17. The van der Waals surface area contributed by atoms with E-state index in [-0.39, 0.29) is 0 Å². The van der Waals surface area contributed by atoms with Crippen LogP contribution in [-0.2, 0) is 4.74 Å². The van der Waals surface area contributed by atoms with Gasteiger partial charge in [0.25, 0.3) is 0 Å². The van der Waals surface area contributed by atoms with Gasteiger partial charge in [-0.25, -0.2) is 0 Å². The van der Waals surface area contributed by atoms with Crippen molar-refractivity contribution in [2.24, 2.45) is 5.92 Å². The van der Waals surface area contributed by atoms with Gasteiger partial charge in [0, 0.05) is 18.6 Å². The molecule has 112 valence electrons. The van der Waals surface area contributed by atoms with Crippen LogP contribution < -0.4 is 5.32 Å². The maximum absolute atomic E-state index is 6.19. The Morgan fingerprint density at radius 2 is 2.21 bits per heavy atom. The van der Waals surface area contributed by atoms with Crippen LogP contribution in [-0.4, -0.2) is 49.3 Å². The van der Waals surface area contributed by atoms with Gasteiger partial charge in [0.1, 0.15) is 0 Å². The van der Waals surface area contributed by atoms with Gasteiger partial charge in [-0.05, 0) is 44.7 Å². The summed E-state index contributed by atoms with van der Waals surface area (Å²) in [5, 5.41) is 3.73. The molecule has 2 aliphatic heterocycles. The fourth-order valence-corrected chi connectivity index (χ4v) is 3.38. The highest BCUT2D eigenvalue weighted by Crippen LogP contribution is 2.25. The van der Waals surface area contributed by atoms with Gasteiger partial charge in [-0.2, -0.15) is 0 Å². The van der Waals surface area contributed by atoms with E-state index < -0.39 is 0 Å². The van der Waals surface area contributed by atoms with Gasteiger partial charge in [-0.1, -0.05) is 27.2 Å². The minimum atomic E-state index is 0.398. The average Bonchev–Trinajstić information content (AvgIpc) is 2.90. The minimum absolute atomic E-state index is 0.398. The Bertz CT molecular complexity index is 259. The molecule has 0 saturated carbocycles. The Hall–Kier alpha value is -0.120. The molecule has 0 aromatic heterocycles. The van der Waals surface area contributed by atoms with Crippen LogP contribution in [0.4, 0.5) is 0 Å². The number of hydrogen-bond acceptors (Lipinski definition) is 3. The van der Waals surface area contributed by atoms with Crippen LogP contribution in [0, 0.1) is 5.92 Å². The highest BCUT2D eigenvalue weighted by atomic mass is 16.5. The molecule has 19 heavy (non-hydrogen) atoms. The monoisotopic (exact) mass is 268 g/mol. The van der Waals surface area contributed by atoms with Crippen molar-refractivity contribution in [2.75, 3.05) is 26.2 Å². The molecule has 2 rings (SSSR count). The van der Waals surface area contributed by atoms with Gasteiger partial charge in [0.05, 0.1) is 12.7 Å². The molecule has 0 aromatic carbocycles. The molecule has 0 spiro atoms. The molecule has 0 aromatic rings. The van der Waals surface area contributed by atoms with E-state index in [0.29, 0.717) is 18.2 Å². The lowest BCUT2D eigenvalue weighted by atomic mass is 9.94. The van der Waals surface area contributed by atoms with Crippen molar-refractivity contribution in [1.82, 2.24) is 10.2 Å². The summed E-state index contributed by atoms with van der Waals surface area (Å²) in [5.41, 5.74) is 0. The van der Waals surface area contributed by atoms with Crippen molar-refractivity contribution in [1.29, 1.82) is 0 Å². The quantitative estimate of drug-likeness (QED) is 0.768. The fourth-order valence-electron chi connectivity index (χ4n) is 3.38. The van der Waals surface area contributed by atoms with Crippen molar-refractivity contribution < 1.29 is 4.74 Å². The smallest absolute Gasteiger partial charge is 0.0855 e. The van der Waals surface area contributed by atoms with Crippen LogP contribution in [0.2, 0.25) is 0 Å². The van der Waals surface area contributed by atoms with Crippen LogP contribution >= 0.6 is 0 Å². The van der Waals surface area contributed by atoms with E-state index in [1.165, 1.54) is 38.6 Å². The van der Waals surface area contributed by atoms with Gasteiger partial charge >= 0.3 is 0 Å². The third-order valence-corrected chi connectivity index (χ3v) is 4.87. The zero-order chi connectivity index (χ0) is 13.7. The Labute approximate surface area is 119 Å². The lowest BCUT2D eigenvalue weighted by Gasteiger charge is -2.40. The van der Waals surface area contributed by atoms with E-state index in [2.05, 4.69) is 31.0 Å². The fraction of sp³-hybridized carbons (Fsp3) is 1.00. The molecule has 3 nitrogen and oxygen atoms in total. The number of ether oxygens (including phenoxy) is 1. The van der Waals surface area contributed by atoms with Crippen LogP contribution in [0.1, 0.15) is 52.9 Å². The van der Waals surface area contributed by atoms with Crippen molar-refractivity contribution in [3.63, 3.8) is 0 Å². The average molecular weight is 268 g/mol. The molecule has 4 atom stereocenters. The lowest BCUT2D eigenvalue weighted by Crippen LogP contribution is -2.54. The van der Waals surface area contributed by atoms with E-state index in [4.69, 9.17) is 4.74 Å². The Morgan fingerprint density at radius 3 is 2.95 bits per heavy atom. The first-order valence-electron chi connectivity index (χ1n) is 8.33. The number of morpholine rings is 1. The maximum Gasteiger partial charge on any atom is 0.0855 e. The number of fused-ring (bicyclic) bond motifs is 1. The predicted molar refractivity (Wildman–Crippen MR) is 80.5 cm³/mol. The molecule has 0 amide bonds. The summed E-state index contributed by atoms with van der Waals surface area (Å²) in [6.07, 6.45) is 6.82. The third-order valence-electron chi connectivity index (χ3n) is 4.87. The SMILES string of the molecule is CCCNC(CC(C)CC)C1CN2CCCC2CO1. The molecular formula is C16H32N2O. The predicted octanol–water partition coefficient (Wildman–Crippen LogP) is 2.65. The Balaban J connectivity index is 1.89. The van der Waals surface area contributed by atoms with Crippen LogP contribution in [0.25, 0.3) is 0 Å². The summed E-state index contributed by atoms with van der Waals surface area (Å²) in [6, 6.07) is 1.25. The van der Waals surface area contributed by atoms with Crippen molar-refractivity contribution >= 4 is 0 Å². The molecule has 4 unspecified atom stereocenters. The van der Waals surface area contributed by atoms with Gasteiger partial charge < -0.3 is 10.1 Å². The summed E-state index contributed by atoms with van der Waals surface area (Å²) < 4.78 is 6.19. The normalized spacial score (nSPS) is 31.1. The van der Waals surface area contributed by atoms with Gasteiger partial charge in [0.2, 0.25) is 0 Å². The second-order valence-corrected chi connectivity index (χ2v) is 6.47. The van der Waals surface area contributed by atoms with Crippen molar-refractivity contribution in [3.8, 4) is 0 Å². The number of rotatable bonds is 7. The molecule has 2 saturated heterocycles. The van der Waals surface area contributed by atoms with Gasteiger partial charge in [-0.15, -0.1) is 0 Å². The minimum Gasteiger partial charge on any atom is -0.374 e. The largest absolute Gasteiger partial charge is 0.374 e. The maximum atomic E-state index is 6.19. The van der Waals surface area contributed by atoms with E-state index in [9.17, 15) is 0 Å². The molecule has 2 heterocycles. The van der Waals surface area contributed by atoms with E-state index in [1.54, 1.807) is 0 Å². The number of nitrogens with one attached hydrogen (secondary N) is 1. The molecule has 3 heteroatoms.